The van der Waals surface area contributed by atoms with Gasteiger partial charge in [-0.1, -0.05) is 18.2 Å². The number of rotatable bonds is 6. The topological polar surface area (TPSA) is 84.6 Å². The van der Waals surface area contributed by atoms with E-state index in [2.05, 4.69) is 6.07 Å². The van der Waals surface area contributed by atoms with Gasteiger partial charge in [-0.05, 0) is 19.1 Å². The van der Waals surface area contributed by atoms with Crippen molar-refractivity contribution in [2.24, 2.45) is 5.92 Å². The molecule has 21 heavy (non-hydrogen) atoms. The first-order chi connectivity index (χ1) is 9.95. The molecule has 0 heterocycles. The van der Waals surface area contributed by atoms with E-state index in [0.29, 0.717) is 12.2 Å². The van der Waals surface area contributed by atoms with Crippen LogP contribution in [0.4, 0.5) is 10.5 Å². The minimum Gasteiger partial charge on any atom is -0.481 e. The van der Waals surface area contributed by atoms with Gasteiger partial charge in [0.25, 0.3) is 0 Å². The summed E-state index contributed by atoms with van der Waals surface area (Å²) in [6.45, 7) is 2.11. The Labute approximate surface area is 124 Å². The summed E-state index contributed by atoms with van der Waals surface area (Å²) < 4.78 is 0. The monoisotopic (exact) mass is 289 g/mol. The van der Waals surface area contributed by atoms with Gasteiger partial charge < -0.3 is 10.0 Å². The number of carbonyl (C=O) groups excluding carboxylic acids is 1. The lowest BCUT2D eigenvalue weighted by Crippen LogP contribution is -2.43. The predicted molar refractivity (Wildman–Crippen MR) is 78.8 cm³/mol. The van der Waals surface area contributed by atoms with Gasteiger partial charge in [0.1, 0.15) is 0 Å². The Kier molecular flexibility index (Phi) is 6.21. The lowest BCUT2D eigenvalue weighted by atomic mass is 10.2. The molecule has 0 aliphatic heterocycles. The Bertz CT molecular complexity index is 525. The zero-order valence-electron chi connectivity index (χ0n) is 12.2. The molecule has 0 aromatic heterocycles. The molecule has 0 saturated heterocycles. The van der Waals surface area contributed by atoms with Crippen LogP contribution in [0.2, 0.25) is 0 Å². The lowest BCUT2D eigenvalue weighted by Gasteiger charge is -2.28. The fraction of sp³-hybridized carbons (Fsp3) is 0.400. The summed E-state index contributed by atoms with van der Waals surface area (Å²) in [7, 11) is 1.60. The first-order valence-electron chi connectivity index (χ1n) is 6.64. The quantitative estimate of drug-likeness (QED) is 0.869. The first kappa shape index (κ1) is 16.5. The molecule has 0 spiro atoms. The molecule has 1 unspecified atom stereocenters. The Morgan fingerprint density at radius 1 is 1.33 bits per heavy atom. The highest BCUT2D eigenvalue weighted by atomic mass is 16.4. The van der Waals surface area contributed by atoms with Gasteiger partial charge in [-0.2, -0.15) is 5.26 Å². The number of nitrogens with zero attached hydrogens (tertiary/aromatic N) is 3. The maximum absolute atomic E-state index is 12.5. The van der Waals surface area contributed by atoms with Crippen LogP contribution < -0.4 is 4.90 Å². The molecule has 112 valence electrons. The van der Waals surface area contributed by atoms with E-state index in [-0.39, 0.29) is 24.9 Å². The highest BCUT2D eigenvalue weighted by Crippen LogP contribution is 2.16. The van der Waals surface area contributed by atoms with Crippen molar-refractivity contribution in [3.05, 3.63) is 30.3 Å². The van der Waals surface area contributed by atoms with Crippen molar-refractivity contribution in [1.29, 1.82) is 5.26 Å². The Morgan fingerprint density at radius 2 is 1.95 bits per heavy atom. The normalized spacial score (nSPS) is 11.3. The second-order valence-electron chi connectivity index (χ2n) is 4.82. The van der Waals surface area contributed by atoms with Crippen LogP contribution >= 0.6 is 0 Å². The Morgan fingerprint density at radius 3 is 2.48 bits per heavy atom. The summed E-state index contributed by atoms with van der Waals surface area (Å²) in [5.41, 5.74) is 0.639. The van der Waals surface area contributed by atoms with Crippen molar-refractivity contribution in [2.45, 2.75) is 13.3 Å². The first-order valence-corrected chi connectivity index (χ1v) is 6.64. The molecule has 1 atom stereocenters. The fourth-order valence-corrected chi connectivity index (χ4v) is 1.89. The van der Waals surface area contributed by atoms with Gasteiger partial charge in [0, 0.05) is 25.8 Å². The molecule has 1 N–H and O–H groups in total. The average Bonchev–Trinajstić information content (AvgIpc) is 2.47. The molecule has 1 aromatic rings. The molecule has 6 heteroatoms. The van der Waals surface area contributed by atoms with E-state index in [1.54, 1.807) is 38.2 Å². The number of benzene rings is 1. The largest absolute Gasteiger partial charge is 0.481 e. The van der Waals surface area contributed by atoms with E-state index in [0.717, 1.165) is 0 Å². The van der Waals surface area contributed by atoms with Crippen molar-refractivity contribution < 1.29 is 14.7 Å². The summed E-state index contributed by atoms with van der Waals surface area (Å²) in [6.07, 6.45) is -0.137. The molecular formula is C15H19N3O3. The second kappa shape index (κ2) is 7.90. The van der Waals surface area contributed by atoms with Gasteiger partial charge >= 0.3 is 12.0 Å². The third kappa shape index (κ3) is 5.15. The maximum atomic E-state index is 12.5. The molecular weight excluding hydrogens is 270 g/mol. The Balaban J connectivity index is 2.88. The van der Waals surface area contributed by atoms with E-state index < -0.39 is 5.97 Å². The van der Waals surface area contributed by atoms with Gasteiger partial charge in [0.2, 0.25) is 0 Å². The van der Waals surface area contributed by atoms with E-state index in [9.17, 15) is 9.59 Å². The molecule has 6 nitrogen and oxygen atoms in total. The maximum Gasteiger partial charge on any atom is 0.324 e. The van der Waals surface area contributed by atoms with Gasteiger partial charge in [-0.15, -0.1) is 0 Å². The summed E-state index contributed by atoms with van der Waals surface area (Å²) in [6, 6.07) is 10.7. The summed E-state index contributed by atoms with van der Waals surface area (Å²) in [5.74, 6) is -1.24. The number of para-hydroxylation sites is 1. The SMILES string of the molecule is CC(C#N)CN(C)C(=O)N(CCC(=O)O)c1ccccc1. The van der Waals surface area contributed by atoms with Crippen LogP contribution in [-0.4, -0.2) is 42.1 Å². The summed E-state index contributed by atoms with van der Waals surface area (Å²) in [5, 5.41) is 17.6. The van der Waals surface area contributed by atoms with E-state index in [1.807, 2.05) is 6.07 Å². The molecule has 2 amide bonds. The van der Waals surface area contributed by atoms with Crippen LogP contribution in [0.5, 0.6) is 0 Å². The standard InChI is InChI=1S/C15H19N3O3/c1-12(10-16)11-17(2)15(21)18(9-8-14(19)20)13-6-4-3-5-7-13/h3-7,12H,8-9,11H2,1-2H3,(H,19,20). The van der Waals surface area contributed by atoms with Crippen molar-refractivity contribution >= 4 is 17.7 Å². The van der Waals surface area contributed by atoms with Crippen molar-refractivity contribution in [2.75, 3.05) is 25.0 Å². The zero-order chi connectivity index (χ0) is 15.8. The molecule has 0 radical (unpaired) electrons. The van der Waals surface area contributed by atoms with Gasteiger partial charge in [-0.3, -0.25) is 9.69 Å². The number of urea groups is 1. The van der Waals surface area contributed by atoms with Crippen LogP contribution in [0.3, 0.4) is 0 Å². The molecule has 0 aliphatic rings. The summed E-state index contributed by atoms with van der Waals surface area (Å²) >= 11 is 0. The predicted octanol–water partition coefficient (Wildman–Crippen LogP) is 2.18. The number of hydrogen-bond donors (Lipinski definition) is 1. The van der Waals surface area contributed by atoms with E-state index in [1.165, 1.54) is 9.80 Å². The third-order valence-electron chi connectivity index (χ3n) is 2.94. The Hall–Kier alpha value is -2.55. The number of amides is 2. The number of aliphatic carboxylic acids is 1. The minimum atomic E-state index is -0.961. The number of carboxylic acid groups (broad SMARTS) is 1. The molecule has 0 saturated carbocycles. The summed E-state index contributed by atoms with van der Waals surface area (Å²) in [4.78, 5) is 26.1. The van der Waals surface area contributed by atoms with Crippen molar-refractivity contribution in [3.63, 3.8) is 0 Å². The number of carboxylic acids is 1. The van der Waals surface area contributed by atoms with Crippen molar-refractivity contribution in [1.82, 2.24) is 4.90 Å². The molecule has 1 rings (SSSR count). The van der Waals surface area contributed by atoms with Crippen LogP contribution in [-0.2, 0) is 4.79 Å². The average molecular weight is 289 g/mol. The van der Waals surface area contributed by atoms with Crippen LogP contribution in [0.15, 0.2) is 30.3 Å². The number of nitriles is 1. The minimum absolute atomic E-state index is 0.0868. The molecule has 0 bridgehead atoms. The highest BCUT2D eigenvalue weighted by Gasteiger charge is 2.21. The molecule has 0 fully saturated rings. The van der Waals surface area contributed by atoms with Gasteiger partial charge in [0.05, 0.1) is 18.4 Å². The van der Waals surface area contributed by atoms with E-state index in [4.69, 9.17) is 10.4 Å². The zero-order valence-corrected chi connectivity index (χ0v) is 12.2. The van der Waals surface area contributed by atoms with Crippen LogP contribution in [0.1, 0.15) is 13.3 Å². The second-order valence-corrected chi connectivity index (χ2v) is 4.82. The van der Waals surface area contributed by atoms with Crippen molar-refractivity contribution in [3.8, 4) is 6.07 Å². The molecule has 1 aromatic carbocycles. The highest BCUT2D eigenvalue weighted by molar-refractivity contribution is 5.92. The van der Waals surface area contributed by atoms with E-state index >= 15 is 0 Å². The molecule has 0 aliphatic carbocycles. The number of hydrogen-bond acceptors (Lipinski definition) is 3. The third-order valence-corrected chi connectivity index (χ3v) is 2.94. The van der Waals surface area contributed by atoms with Gasteiger partial charge in [0.15, 0.2) is 0 Å². The van der Waals surface area contributed by atoms with Gasteiger partial charge in [-0.25, -0.2) is 4.79 Å². The lowest BCUT2D eigenvalue weighted by molar-refractivity contribution is -0.136. The number of anilines is 1. The smallest absolute Gasteiger partial charge is 0.324 e. The van der Waals surface area contributed by atoms with Crippen LogP contribution in [0.25, 0.3) is 0 Å². The number of carbonyl (C=O) groups is 2. The van der Waals surface area contributed by atoms with Crippen LogP contribution in [0, 0.1) is 17.2 Å². The fourth-order valence-electron chi connectivity index (χ4n) is 1.89.